The molecule has 0 amide bonds. The van der Waals surface area contributed by atoms with Crippen molar-refractivity contribution < 1.29 is 0 Å². The lowest BCUT2D eigenvalue weighted by Gasteiger charge is -2.31. The average Bonchev–Trinajstić information content (AvgIpc) is 2.79. The Bertz CT molecular complexity index is 556. The van der Waals surface area contributed by atoms with Crippen LogP contribution in [0.25, 0.3) is 0 Å². The smallest absolute Gasteiger partial charge is 0.156 e. The van der Waals surface area contributed by atoms with Gasteiger partial charge in [-0.15, -0.1) is 5.10 Å². The Morgan fingerprint density at radius 2 is 1.00 bits per heavy atom. The molecule has 0 saturated carbocycles. The molecular weight excluding hydrogens is 378 g/mol. The van der Waals surface area contributed by atoms with Gasteiger partial charge in [0, 0.05) is 10.8 Å². The first-order chi connectivity index (χ1) is 15.0. The summed E-state index contributed by atoms with van der Waals surface area (Å²) >= 11 is 0. The molecule has 1 aromatic heterocycles. The monoisotopic (exact) mass is 431 g/mol. The van der Waals surface area contributed by atoms with Crippen LogP contribution in [-0.4, -0.2) is 15.2 Å². The van der Waals surface area contributed by atoms with Crippen molar-refractivity contribution in [2.45, 2.75) is 162 Å². The molecular formula is C28H53N3. The summed E-state index contributed by atoms with van der Waals surface area (Å²) in [4.78, 5) is 4.96. The molecule has 0 fully saturated rings. The molecule has 1 rings (SSSR count). The van der Waals surface area contributed by atoms with E-state index in [0.717, 1.165) is 11.5 Å². The zero-order valence-electron chi connectivity index (χ0n) is 21.9. The highest BCUT2D eigenvalue weighted by atomic mass is 15.2. The molecule has 0 bridgehead atoms. The van der Waals surface area contributed by atoms with Crippen molar-refractivity contribution in [1.82, 2.24) is 15.2 Å². The van der Waals surface area contributed by atoms with Gasteiger partial charge in [0.2, 0.25) is 0 Å². The summed E-state index contributed by atoms with van der Waals surface area (Å²) in [6.45, 7) is 13.9. The van der Waals surface area contributed by atoms with E-state index in [1.54, 1.807) is 0 Å². The van der Waals surface area contributed by atoms with Crippen molar-refractivity contribution in [3.63, 3.8) is 0 Å². The second-order valence-corrected chi connectivity index (χ2v) is 10.5. The highest BCUT2D eigenvalue weighted by molar-refractivity contribution is 5.13. The van der Waals surface area contributed by atoms with Gasteiger partial charge in [0.25, 0.3) is 0 Å². The van der Waals surface area contributed by atoms with E-state index < -0.39 is 0 Å². The Labute approximate surface area is 194 Å². The van der Waals surface area contributed by atoms with Gasteiger partial charge in [-0.25, -0.2) is 4.98 Å². The van der Waals surface area contributed by atoms with E-state index in [2.05, 4.69) is 47.7 Å². The van der Waals surface area contributed by atoms with Crippen LogP contribution >= 0.6 is 0 Å². The molecule has 0 radical (unpaired) electrons. The van der Waals surface area contributed by atoms with Crippen LogP contribution < -0.4 is 0 Å². The maximum atomic E-state index is 4.96. The van der Waals surface area contributed by atoms with E-state index in [-0.39, 0.29) is 10.8 Å². The Morgan fingerprint density at radius 3 is 1.52 bits per heavy atom. The number of aromatic nitrogens is 3. The normalized spacial score (nSPS) is 15.5. The number of hydrogen-bond donors (Lipinski definition) is 0. The highest BCUT2D eigenvalue weighted by Gasteiger charge is 2.32. The van der Waals surface area contributed by atoms with Crippen LogP contribution in [0.3, 0.4) is 0 Å². The SMILES string of the molecule is CCCCCCCC(C)(CCCC)c1cnc(C(C)(CCCC)CCCCCC)nn1. The summed E-state index contributed by atoms with van der Waals surface area (Å²) in [5.74, 6) is 0.974. The fourth-order valence-corrected chi connectivity index (χ4v) is 4.75. The lowest BCUT2D eigenvalue weighted by molar-refractivity contribution is 0.332. The number of unbranched alkanes of at least 4 members (excludes halogenated alkanes) is 9. The van der Waals surface area contributed by atoms with Gasteiger partial charge in [0.1, 0.15) is 0 Å². The minimum Gasteiger partial charge on any atom is -0.237 e. The maximum Gasteiger partial charge on any atom is 0.156 e. The van der Waals surface area contributed by atoms with Crippen molar-refractivity contribution in [3.05, 3.63) is 17.7 Å². The minimum absolute atomic E-state index is 0.0647. The number of nitrogens with zero attached hydrogens (tertiary/aromatic N) is 3. The summed E-state index contributed by atoms with van der Waals surface area (Å²) in [7, 11) is 0. The third-order valence-corrected chi connectivity index (χ3v) is 7.30. The third kappa shape index (κ3) is 10.00. The van der Waals surface area contributed by atoms with Gasteiger partial charge >= 0.3 is 0 Å². The summed E-state index contributed by atoms with van der Waals surface area (Å²) in [5.41, 5.74) is 1.29. The van der Waals surface area contributed by atoms with Crippen LogP contribution in [0.15, 0.2) is 6.20 Å². The van der Waals surface area contributed by atoms with Gasteiger partial charge < -0.3 is 0 Å². The second-order valence-electron chi connectivity index (χ2n) is 10.5. The Balaban J connectivity index is 2.93. The van der Waals surface area contributed by atoms with Crippen LogP contribution in [-0.2, 0) is 10.8 Å². The first-order valence-corrected chi connectivity index (χ1v) is 13.7. The minimum atomic E-state index is 0.0647. The van der Waals surface area contributed by atoms with Crippen molar-refractivity contribution in [2.24, 2.45) is 0 Å². The molecule has 0 saturated heterocycles. The average molecular weight is 432 g/mol. The second kappa shape index (κ2) is 15.8. The van der Waals surface area contributed by atoms with Crippen molar-refractivity contribution in [2.75, 3.05) is 0 Å². The topological polar surface area (TPSA) is 38.7 Å². The molecule has 2 atom stereocenters. The molecule has 0 aliphatic rings. The number of hydrogen-bond acceptors (Lipinski definition) is 3. The fraction of sp³-hybridized carbons (Fsp3) is 0.893. The van der Waals surface area contributed by atoms with Crippen molar-refractivity contribution in [3.8, 4) is 0 Å². The molecule has 0 aliphatic carbocycles. The molecule has 0 aromatic carbocycles. The van der Waals surface area contributed by atoms with E-state index in [0.29, 0.717) is 0 Å². The molecule has 180 valence electrons. The first kappa shape index (κ1) is 28.0. The predicted molar refractivity (Wildman–Crippen MR) is 136 cm³/mol. The van der Waals surface area contributed by atoms with Crippen LogP contribution in [0, 0.1) is 0 Å². The first-order valence-electron chi connectivity index (χ1n) is 13.7. The largest absolute Gasteiger partial charge is 0.237 e. The maximum absolute atomic E-state index is 4.96. The van der Waals surface area contributed by atoms with Gasteiger partial charge in [0.05, 0.1) is 11.9 Å². The van der Waals surface area contributed by atoms with E-state index in [1.807, 2.05) is 0 Å². The Morgan fingerprint density at radius 1 is 0.548 bits per heavy atom. The quantitative estimate of drug-likeness (QED) is 0.205. The van der Waals surface area contributed by atoms with E-state index in [9.17, 15) is 0 Å². The van der Waals surface area contributed by atoms with Crippen LogP contribution in [0.5, 0.6) is 0 Å². The summed E-state index contributed by atoms with van der Waals surface area (Å²) in [5, 5.41) is 9.60. The molecule has 3 heteroatoms. The van der Waals surface area contributed by atoms with E-state index in [4.69, 9.17) is 15.2 Å². The van der Waals surface area contributed by atoms with Gasteiger partial charge in [-0.3, -0.25) is 0 Å². The van der Waals surface area contributed by atoms with Gasteiger partial charge in [0.15, 0.2) is 5.82 Å². The van der Waals surface area contributed by atoms with Crippen molar-refractivity contribution in [1.29, 1.82) is 0 Å². The van der Waals surface area contributed by atoms with E-state index in [1.165, 1.54) is 109 Å². The predicted octanol–water partition coefficient (Wildman–Crippen LogP) is 9.10. The van der Waals surface area contributed by atoms with Crippen molar-refractivity contribution >= 4 is 0 Å². The zero-order chi connectivity index (χ0) is 23.0. The fourth-order valence-electron chi connectivity index (χ4n) is 4.75. The highest BCUT2D eigenvalue weighted by Crippen LogP contribution is 2.36. The van der Waals surface area contributed by atoms with Crippen LogP contribution in [0.2, 0.25) is 0 Å². The van der Waals surface area contributed by atoms with Crippen LogP contribution in [0.1, 0.15) is 162 Å². The summed E-state index contributed by atoms with van der Waals surface area (Å²) < 4.78 is 0. The van der Waals surface area contributed by atoms with Crippen LogP contribution in [0.4, 0.5) is 0 Å². The molecule has 1 heterocycles. The molecule has 1 aromatic rings. The van der Waals surface area contributed by atoms with Gasteiger partial charge in [-0.1, -0.05) is 125 Å². The lowest BCUT2D eigenvalue weighted by atomic mass is 9.77. The summed E-state index contributed by atoms with van der Waals surface area (Å²) in [6, 6.07) is 0. The third-order valence-electron chi connectivity index (χ3n) is 7.30. The van der Waals surface area contributed by atoms with Gasteiger partial charge in [-0.2, -0.15) is 5.10 Å². The zero-order valence-corrected chi connectivity index (χ0v) is 21.9. The standard InChI is InChI=1S/C28H53N3/c1-7-11-15-17-19-22-27(5,20-13-9-3)25-24-29-26(31-30-25)28(6,21-14-10-4)23-18-16-12-8-2/h24H,7-23H2,1-6H3. The lowest BCUT2D eigenvalue weighted by Crippen LogP contribution is -2.29. The molecule has 0 aliphatic heterocycles. The molecule has 3 nitrogen and oxygen atoms in total. The molecule has 0 spiro atoms. The molecule has 2 unspecified atom stereocenters. The van der Waals surface area contributed by atoms with E-state index >= 15 is 0 Å². The molecule has 0 N–H and O–H groups in total. The summed E-state index contributed by atoms with van der Waals surface area (Å²) in [6.07, 6.45) is 23.6. The number of rotatable bonds is 19. The van der Waals surface area contributed by atoms with Gasteiger partial charge in [-0.05, 0) is 25.7 Å². The Hall–Kier alpha value is -0.990. The molecule has 31 heavy (non-hydrogen) atoms. The Kier molecular flexibility index (Phi) is 14.3.